The number of aryl methyl sites for hydroxylation is 1. The predicted octanol–water partition coefficient (Wildman–Crippen LogP) is 1.62. The summed E-state index contributed by atoms with van der Waals surface area (Å²) < 4.78 is 5.90. The largest absolute Gasteiger partial charge is 0.480 e. The highest BCUT2D eigenvalue weighted by molar-refractivity contribution is 9.10. The molecule has 1 aromatic heterocycles. The Morgan fingerprint density at radius 1 is 1.67 bits per heavy atom. The topological polar surface area (TPSA) is 48.1 Å². The first-order valence-electron chi connectivity index (χ1n) is 3.59. The van der Waals surface area contributed by atoms with Gasteiger partial charge in [-0.2, -0.15) is 0 Å². The smallest absolute Gasteiger partial charge is 0.228 e. The summed E-state index contributed by atoms with van der Waals surface area (Å²) in [4.78, 5) is 4.18. The van der Waals surface area contributed by atoms with Crippen LogP contribution in [0.25, 0.3) is 0 Å². The van der Waals surface area contributed by atoms with E-state index in [0.717, 1.165) is 15.7 Å². The van der Waals surface area contributed by atoms with Crippen LogP contribution in [0.4, 0.5) is 0 Å². The highest BCUT2D eigenvalue weighted by atomic mass is 79.9. The Kier molecular flexibility index (Phi) is 3.05. The van der Waals surface area contributed by atoms with Crippen LogP contribution in [0, 0.1) is 6.92 Å². The molecule has 0 bridgehead atoms. The predicted molar refractivity (Wildman–Crippen MR) is 51.1 cm³/mol. The molecular weight excluding hydrogens is 220 g/mol. The minimum atomic E-state index is 0.486. The van der Waals surface area contributed by atoms with E-state index in [1.807, 2.05) is 13.0 Å². The maximum absolute atomic E-state index is 5.53. The van der Waals surface area contributed by atoms with Crippen molar-refractivity contribution < 1.29 is 4.74 Å². The Balaban J connectivity index is 3.22. The fourth-order valence-electron chi connectivity index (χ4n) is 0.978. The number of hydrogen-bond donors (Lipinski definition) is 1. The second kappa shape index (κ2) is 3.87. The van der Waals surface area contributed by atoms with Crippen LogP contribution in [0.15, 0.2) is 10.5 Å². The normalized spacial score (nSPS) is 10.0. The summed E-state index contributed by atoms with van der Waals surface area (Å²) in [6, 6.07) is 1.94. The van der Waals surface area contributed by atoms with Crippen molar-refractivity contribution in [2.45, 2.75) is 13.5 Å². The summed E-state index contributed by atoms with van der Waals surface area (Å²) >= 11 is 3.37. The zero-order valence-electron chi connectivity index (χ0n) is 7.10. The minimum Gasteiger partial charge on any atom is -0.480 e. The molecule has 1 aromatic rings. The zero-order valence-corrected chi connectivity index (χ0v) is 8.68. The zero-order chi connectivity index (χ0) is 9.14. The summed E-state index contributed by atoms with van der Waals surface area (Å²) in [5.41, 5.74) is 7.46. The van der Waals surface area contributed by atoms with Gasteiger partial charge in [-0.15, -0.1) is 0 Å². The number of halogens is 1. The average molecular weight is 231 g/mol. The van der Waals surface area contributed by atoms with Gasteiger partial charge in [0, 0.05) is 12.2 Å². The SMILES string of the molecule is COc1nc(C)cc(CN)c1Br. The average Bonchev–Trinajstić information content (AvgIpc) is 2.08. The Bertz CT molecular complexity index is 263. The van der Waals surface area contributed by atoms with Crippen LogP contribution in [-0.2, 0) is 6.54 Å². The molecule has 0 unspecified atom stereocenters. The van der Waals surface area contributed by atoms with E-state index in [1.165, 1.54) is 0 Å². The molecule has 0 saturated carbocycles. The van der Waals surface area contributed by atoms with Crippen molar-refractivity contribution in [3.63, 3.8) is 0 Å². The number of nitrogens with zero attached hydrogens (tertiary/aromatic N) is 1. The van der Waals surface area contributed by atoms with Gasteiger partial charge in [-0.3, -0.25) is 0 Å². The number of methoxy groups -OCH3 is 1. The van der Waals surface area contributed by atoms with Crippen LogP contribution in [0.2, 0.25) is 0 Å². The molecule has 0 radical (unpaired) electrons. The number of pyridine rings is 1. The van der Waals surface area contributed by atoms with E-state index in [9.17, 15) is 0 Å². The molecule has 0 fully saturated rings. The van der Waals surface area contributed by atoms with Crippen LogP contribution in [0.3, 0.4) is 0 Å². The van der Waals surface area contributed by atoms with E-state index in [1.54, 1.807) is 7.11 Å². The number of hydrogen-bond acceptors (Lipinski definition) is 3. The molecule has 0 saturated heterocycles. The lowest BCUT2D eigenvalue weighted by atomic mass is 10.2. The van der Waals surface area contributed by atoms with Gasteiger partial charge in [0.1, 0.15) is 0 Å². The van der Waals surface area contributed by atoms with Gasteiger partial charge < -0.3 is 10.5 Å². The molecule has 2 N–H and O–H groups in total. The first-order valence-corrected chi connectivity index (χ1v) is 4.38. The Morgan fingerprint density at radius 3 is 2.83 bits per heavy atom. The Labute approximate surface area is 80.1 Å². The van der Waals surface area contributed by atoms with Crippen molar-refractivity contribution in [2.75, 3.05) is 7.11 Å². The summed E-state index contributed by atoms with van der Waals surface area (Å²) in [6.45, 7) is 2.40. The molecule has 0 aliphatic rings. The highest BCUT2D eigenvalue weighted by Crippen LogP contribution is 2.26. The molecule has 0 atom stereocenters. The maximum atomic E-state index is 5.53. The van der Waals surface area contributed by atoms with E-state index in [0.29, 0.717) is 12.4 Å². The quantitative estimate of drug-likeness (QED) is 0.841. The van der Waals surface area contributed by atoms with Gasteiger partial charge >= 0.3 is 0 Å². The van der Waals surface area contributed by atoms with Crippen LogP contribution < -0.4 is 10.5 Å². The molecule has 0 aliphatic heterocycles. The van der Waals surface area contributed by atoms with Crippen molar-refractivity contribution >= 4 is 15.9 Å². The van der Waals surface area contributed by atoms with Gasteiger partial charge in [0.25, 0.3) is 0 Å². The second-order valence-electron chi connectivity index (χ2n) is 2.45. The molecule has 1 heterocycles. The van der Waals surface area contributed by atoms with E-state index in [2.05, 4.69) is 20.9 Å². The molecule has 0 aromatic carbocycles. The molecule has 12 heavy (non-hydrogen) atoms. The third kappa shape index (κ3) is 1.76. The molecule has 4 heteroatoms. The van der Waals surface area contributed by atoms with Gasteiger partial charge in [-0.25, -0.2) is 4.98 Å². The monoisotopic (exact) mass is 230 g/mol. The standard InChI is InChI=1S/C8H11BrN2O/c1-5-3-6(4-10)7(9)8(11-5)12-2/h3H,4,10H2,1-2H3. The molecular formula is C8H11BrN2O. The fraction of sp³-hybridized carbons (Fsp3) is 0.375. The second-order valence-corrected chi connectivity index (χ2v) is 3.24. The van der Waals surface area contributed by atoms with Crippen molar-refractivity contribution in [1.82, 2.24) is 4.98 Å². The van der Waals surface area contributed by atoms with Crippen molar-refractivity contribution in [3.05, 3.63) is 21.8 Å². The maximum Gasteiger partial charge on any atom is 0.228 e. The van der Waals surface area contributed by atoms with E-state index in [4.69, 9.17) is 10.5 Å². The number of rotatable bonds is 2. The van der Waals surface area contributed by atoms with Gasteiger partial charge in [0.15, 0.2) is 0 Å². The van der Waals surface area contributed by atoms with Gasteiger partial charge in [-0.1, -0.05) is 0 Å². The lowest BCUT2D eigenvalue weighted by Gasteiger charge is -2.07. The molecule has 0 amide bonds. The Morgan fingerprint density at radius 2 is 2.33 bits per heavy atom. The summed E-state index contributed by atoms with van der Waals surface area (Å²) in [5.74, 6) is 0.593. The number of aromatic nitrogens is 1. The van der Waals surface area contributed by atoms with Crippen molar-refractivity contribution in [2.24, 2.45) is 5.73 Å². The van der Waals surface area contributed by atoms with Crippen LogP contribution >= 0.6 is 15.9 Å². The van der Waals surface area contributed by atoms with Gasteiger partial charge in [0.05, 0.1) is 11.6 Å². The van der Waals surface area contributed by atoms with Crippen molar-refractivity contribution in [1.29, 1.82) is 0 Å². The van der Waals surface area contributed by atoms with Crippen LogP contribution in [-0.4, -0.2) is 12.1 Å². The Hall–Kier alpha value is -0.610. The highest BCUT2D eigenvalue weighted by Gasteiger charge is 2.07. The summed E-state index contributed by atoms with van der Waals surface area (Å²) in [5, 5.41) is 0. The van der Waals surface area contributed by atoms with Crippen LogP contribution in [0.5, 0.6) is 5.88 Å². The number of nitrogens with two attached hydrogens (primary N) is 1. The summed E-state index contributed by atoms with van der Waals surface area (Å²) in [6.07, 6.45) is 0. The van der Waals surface area contributed by atoms with Gasteiger partial charge in [-0.05, 0) is 34.5 Å². The minimum absolute atomic E-state index is 0.486. The van der Waals surface area contributed by atoms with E-state index < -0.39 is 0 Å². The van der Waals surface area contributed by atoms with Crippen LogP contribution in [0.1, 0.15) is 11.3 Å². The lowest BCUT2D eigenvalue weighted by Crippen LogP contribution is -2.01. The third-order valence-electron chi connectivity index (χ3n) is 1.54. The van der Waals surface area contributed by atoms with Gasteiger partial charge in [0.2, 0.25) is 5.88 Å². The molecule has 0 spiro atoms. The first kappa shape index (κ1) is 9.48. The third-order valence-corrected chi connectivity index (χ3v) is 2.39. The fourth-order valence-corrected chi connectivity index (χ4v) is 1.51. The lowest BCUT2D eigenvalue weighted by molar-refractivity contribution is 0.393. The number of ether oxygens (including phenoxy) is 1. The van der Waals surface area contributed by atoms with E-state index >= 15 is 0 Å². The molecule has 0 aliphatic carbocycles. The van der Waals surface area contributed by atoms with E-state index in [-0.39, 0.29) is 0 Å². The molecule has 66 valence electrons. The first-order chi connectivity index (χ1) is 5.69. The molecule has 1 rings (SSSR count). The molecule has 3 nitrogen and oxygen atoms in total. The summed E-state index contributed by atoms with van der Waals surface area (Å²) in [7, 11) is 1.59. The van der Waals surface area contributed by atoms with Crippen molar-refractivity contribution in [3.8, 4) is 5.88 Å².